The van der Waals surface area contributed by atoms with E-state index in [0.717, 1.165) is 18.9 Å². The molecule has 1 heterocycles. The topological polar surface area (TPSA) is 84.1 Å². The van der Waals surface area contributed by atoms with E-state index in [-0.39, 0.29) is 12.4 Å². The first-order valence-electron chi connectivity index (χ1n) is 5.97. The zero-order valence-electron chi connectivity index (χ0n) is 10.2. The third-order valence-electron chi connectivity index (χ3n) is 3.17. The Labute approximate surface area is 108 Å². The molecular formula is C11H15F3N4O. The molecule has 8 heteroatoms. The molecule has 0 amide bonds. The van der Waals surface area contributed by atoms with Gasteiger partial charge in [-0.05, 0) is 12.8 Å². The molecule has 5 nitrogen and oxygen atoms in total. The second-order valence-electron chi connectivity index (χ2n) is 4.78. The van der Waals surface area contributed by atoms with Gasteiger partial charge in [-0.25, -0.2) is 4.98 Å². The van der Waals surface area contributed by atoms with Crippen molar-refractivity contribution in [2.24, 2.45) is 0 Å². The molecule has 1 aliphatic carbocycles. The maximum absolute atomic E-state index is 12.5. The van der Waals surface area contributed by atoms with Crippen molar-refractivity contribution in [3.63, 3.8) is 0 Å². The number of hydrogen-bond acceptors (Lipinski definition) is 5. The molecular weight excluding hydrogens is 261 g/mol. The van der Waals surface area contributed by atoms with E-state index in [0.29, 0.717) is 12.8 Å². The molecule has 1 aliphatic rings. The molecule has 1 saturated carbocycles. The number of anilines is 2. The lowest BCUT2D eigenvalue weighted by Gasteiger charge is -2.22. The average Bonchev–Trinajstić information content (AvgIpc) is 2.72. The van der Waals surface area contributed by atoms with Gasteiger partial charge >= 0.3 is 6.18 Å². The molecule has 0 spiro atoms. The number of rotatable bonds is 3. The predicted octanol–water partition coefficient (Wildman–Crippen LogP) is 1.79. The summed E-state index contributed by atoms with van der Waals surface area (Å²) in [4.78, 5) is 6.83. The van der Waals surface area contributed by atoms with Crippen molar-refractivity contribution >= 4 is 11.8 Å². The first-order chi connectivity index (χ1) is 8.78. The number of aliphatic hydroxyl groups is 1. The van der Waals surface area contributed by atoms with E-state index in [4.69, 9.17) is 5.73 Å². The molecule has 4 N–H and O–H groups in total. The van der Waals surface area contributed by atoms with Crippen LogP contribution in [0, 0.1) is 0 Å². The van der Waals surface area contributed by atoms with Gasteiger partial charge in [-0.2, -0.15) is 18.2 Å². The highest BCUT2D eigenvalue weighted by atomic mass is 19.4. The summed E-state index contributed by atoms with van der Waals surface area (Å²) < 4.78 is 37.6. The van der Waals surface area contributed by atoms with Crippen LogP contribution in [0.25, 0.3) is 0 Å². The minimum Gasteiger partial charge on any atom is -0.388 e. The van der Waals surface area contributed by atoms with Crippen LogP contribution in [0.15, 0.2) is 6.07 Å². The largest absolute Gasteiger partial charge is 0.433 e. The molecule has 0 unspecified atom stereocenters. The molecule has 0 saturated heterocycles. The van der Waals surface area contributed by atoms with Crippen molar-refractivity contribution in [3.8, 4) is 0 Å². The summed E-state index contributed by atoms with van der Waals surface area (Å²) >= 11 is 0. The minimum absolute atomic E-state index is 0.0276. The Kier molecular flexibility index (Phi) is 3.53. The van der Waals surface area contributed by atoms with Crippen LogP contribution in [-0.2, 0) is 6.18 Å². The van der Waals surface area contributed by atoms with E-state index < -0.39 is 23.4 Å². The van der Waals surface area contributed by atoms with E-state index in [1.54, 1.807) is 0 Å². The van der Waals surface area contributed by atoms with Crippen LogP contribution in [-0.4, -0.2) is 27.2 Å². The summed E-state index contributed by atoms with van der Waals surface area (Å²) in [7, 11) is 0. The van der Waals surface area contributed by atoms with Crippen LogP contribution in [0.1, 0.15) is 31.4 Å². The summed E-state index contributed by atoms with van der Waals surface area (Å²) in [6.07, 6.45) is -1.48. The fourth-order valence-corrected chi connectivity index (χ4v) is 2.17. The maximum Gasteiger partial charge on any atom is 0.433 e. The second-order valence-corrected chi connectivity index (χ2v) is 4.78. The Hall–Kier alpha value is -1.57. The lowest BCUT2D eigenvalue weighted by molar-refractivity contribution is -0.141. The molecule has 2 rings (SSSR count). The number of alkyl halides is 3. The van der Waals surface area contributed by atoms with Crippen molar-refractivity contribution < 1.29 is 18.3 Å². The Balaban J connectivity index is 2.10. The number of nitrogens with one attached hydrogen (secondary N) is 1. The Morgan fingerprint density at radius 1 is 1.32 bits per heavy atom. The number of aromatic nitrogens is 2. The van der Waals surface area contributed by atoms with Gasteiger partial charge in [-0.3, -0.25) is 0 Å². The fourth-order valence-electron chi connectivity index (χ4n) is 2.17. The molecule has 0 bridgehead atoms. The van der Waals surface area contributed by atoms with Gasteiger partial charge in [0.15, 0.2) is 5.69 Å². The molecule has 0 radical (unpaired) electrons. The maximum atomic E-state index is 12.5. The van der Waals surface area contributed by atoms with Gasteiger partial charge in [0.25, 0.3) is 0 Å². The van der Waals surface area contributed by atoms with Crippen LogP contribution in [0.3, 0.4) is 0 Å². The Morgan fingerprint density at radius 2 is 1.95 bits per heavy atom. The third-order valence-corrected chi connectivity index (χ3v) is 3.17. The SMILES string of the molecule is Nc1nc(NCC2(O)CCCC2)cc(C(F)(F)F)n1. The number of nitrogens with zero attached hydrogens (tertiary/aromatic N) is 2. The van der Waals surface area contributed by atoms with Gasteiger partial charge in [0, 0.05) is 12.6 Å². The predicted molar refractivity (Wildman–Crippen MR) is 63.4 cm³/mol. The van der Waals surface area contributed by atoms with Gasteiger partial charge in [0.1, 0.15) is 5.82 Å². The van der Waals surface area contributed by atoms with Crippen LogP contribution in [0.2, 0.25) is 0 Å². The quantitative estimate of drug-likeness (QED) is 0.784. The van der Waals surface area contributed by atoms with E-state index in [1.165, 1.54) is 0 Å². The fraction of sp³-hybridized carbons (Fsp3) is 0.636. The van der Waals surface area contributed by atoms with Crippen molar-refractivity contribution in [1.29, 1.82) is 0 Å². The molecule has 1 aromatic rings. The normalized spacial score (nSPS) is 18.5. The Morgan fingerprint density at radius 3 is 2.53 bits per heavy atom. The van der Waals surface area contributed by atoms with Crippen LogP contribution >= 0.6 is 0 Å². The Bertz CT molecular complexity index is 458. The van der Waals surface area contributed by atoms with Crippen LogP contribution in [0.5, 0.6) is 0 Å². The van der Waals surface area contributed by atoms with Gasteiger partial charge in [-0.1, -0.05) is 12.8 Å². The van der Waals surface area contributed by atoms with Gasteiger partial charge in [0.05, 0.1) is 5.60 Å². The zero-order valence-corrected chi connectivity index (χ0v) is 10.2. The van der Waals surface area contributed by atoms with Gasteiger partial charge < -0.3 is 16.2 Å². The first-order valence-corrected chi connectivity index (χ1v) is 5.97. The summed E-state index contributed by atoms with van der Waals surface area (Å²) in [5.41, 5.74) is 3.27. The van der Waals surface area contributed by atoms with Gasteiger partial charge in [-0.15, -0.1) is 0 Å². The number of nitrogen functional groups attached to an aromatic ring is 1. The highest BCUT2D eigenvalue weighted by Crippen LogP contribution is 2.31. The van der Waals surface area contributed by atoms with E-state index in [2.05, 4.69) is 15.3 Å². The molecule has 0 atom stereocenters. The lowest BCUT2D eigenvalue weighted by atomic mass is 10.0. The molecule has 0 aliphatic heterocycles. The molecule has 0 aromatic carbocycles. The minimum atomic E-state index is -4.57. The van der Waals surface area contributed by atoms with Crippen molar-refractivity contribution in [3.05, 3.63) is 11.8 Å². The first kappa shape index (κ1) is 13.9. The lowest BCUT2D eigenvalue weighted by Crippen LogP contribution is -2.33. The van der Waals surface area contributed by atoms with Crippen molar-refractivity contribution in [2.45, 2.75) is 37.5 Å². The number of nitrogens with two attached hydrogens (primary N) is 1. The summed E-state index contributed by atoms with van der Waals surface area (Å²) in [5.74, 6) is -0.476. The molecule has 19 heavy (non-hydrogen) atoms. The summed E-state index contributed by atoms with van der Waals surface area (Å²) in [5, 5.41) is 12.8. The number of halogens is 3. The molecule has 1 aromatic heterocycles. The smallest absolute Gasteiger partial charge is 0.388 e. The summed E-state index contributed by atoms with van der Waals surface area (Å²) in [6, 6.07) is 0.786. The highest BCUT2D eigenvalue weighted by molar-refractivity contribution is 5.41. The van der Waals surface area contributed by atoms with Crippen molar-refractivity contribution in [2.75, 3.05) is 17.6 Å². The van der Waals surface area contributed by atoms with Crippen LogP contribution < -0.4 is 11.1 Å². The van der Waals surface area contributed by atoms with Gasteiger partial charge in [0.2, 0.25) is 5.95 Å². The monoisotopic (exact) mass is 276 g/mol. The zero-order chi connectivity index (χ0) is 14.1. The summed E-state index contributed by atoms with van der Waals surface area (Å²) in [6.45, 7) is 0.154. The van der Waals surface area contributed by atoms with Crippen LogP contribution in [0.4, 0.5) is 24.9 Å². The molecule has 1 fully saturated rings. The standard InChI is InChI=1S/C11H15F3N4O/c12-11(13,14)7-5-8(18-9(15)17-7)16-6-10(19)3-1-2-4-10/h5,19H,1-4,6H2,(H3,15,16,17,18). The van der Waals surface area contributed by atoms with Crippen molar-refractivity contribution in [1.82, 2.24) is 9.97 Å². The average molecular weight is 276 g/mol. The van der Waals surface area contributed by atoms with E-state index >= 15 is 0 Å². The van der Waals surface area contributed by atoms with E-state index in [1.807, 2.05) is 0 Å². The number of hydrogen-bond donors (Lipinski definition) is 3. The third kappa shape index (κ3) is 3.46. The second kappa shape index (κ2) is 4.84. The van der Waals surface area contributed by atoms with E-state index in [9.17, 15) is 18.3 Å². The highest BCUT2D eigenvalue weighted by Gasteiger charge is 2.34. The molecule has 106 valence electrons.